The van der Waals surface area contributed by atoms with Crippen molar-refractivity contribution < 1.29 is 19.1 Å². The monoisotopic (exact) mass is 523 g/mol. The van der Waals surface area contributed by atoms with E-state index < -0.39 is 17.1 Å². The summed E-state index contributed by atoms with van der Waals surface area (Å²) in [7, 11) is 1.69. The number of benzene rings is 2. The molecule has 0 saturated carbocycles. The molecule has 1 atom stereocenters. The van der Waals surface area contributed by atoms with E-state index in [0.29, 0.717) is 19.6 Å². The van der Waals surface area contributed by atoms with E-state index in [9.17, 15) is 9.59 Å². The summed E-state index contributed by atoms with van der Waals surface area (Å²) in [5, 5.41) is 0. The molecule has 0 fully saturated rings. The van der Waals surface area contributed by atoms with Gasteiger partial charge in [0.15, 0.2) is 0 Å². The van der Waals surface area contributed by atoms with Crippen molar-refractivity contribution in [2.75, 3.05) is 20.2 Å². The van der Waals surface area contributed by atoms with E-state index in [-0.39, 0.29) is 6.61 Å². The Kier molecular flexibility index (Phi) is 8.85. The van der Waals surface area contributed by atoms with Crippen LogP contribution in [0.5, 0.6) is 0 Å². The molecule has 0 saturated heterocycles. The van der Waals surface area contributed by atoms with Crippen molar-refractivity contribution in [2.45, 2.75) is 44.8 Å². The van der Waals surface area contributed by atoms with Gasteiger partial charge in [-0.25, -0.2) is 4.79 Å². The summed E-state index contributed by atoms with van der Waals surface area (Å²) in [6.07, 6.45) is 1.15. The van der Waals surface area contributed by atoms with Crippen molar-refractivity contribution in [3.63, 3.8) is 0 Å². The zero-order valence-corrected chi connectivity index (χ0v) is 20.2. The Morgan fingerprint density at radius 1 is 1.10 bits per heavy atom. The predicted octanol–water partition coefficient (Wildman–Crippen LogP) is 5.20. The first-order valence-corrected chi connectivity index (χ1v) is 11.0. The maximum absolute atomic E-state index is 12.3. The van der Waals surface area contributed by atoms with Crippen molar-refractivity contribution in [3.8, 4) is 0 Å². The van der Waals surface area contributed by atoms with Crippen LogP contribution in [0.3, 0.4) is 0 Å². The van der Waals surface area contributed by atoms with E-state index in [1.165, 1.54) is 4.90 Å². The summed E-state index contributed by atoms with van der Waals surface area (Å²) >= 11 is 2.25. The number of halogens is 1. The van der Waals surface area contributed by atoms with Gasteiger partial charge >= 0.3 is 6.09 Å². The number of hydrogen-bond donors (Lipinski definition) is 0. The Morgan fingerprint density at radius 2 is 1.80 bits per heavy atom. The average Bonchev–Trinajstić information content (AvgIpc) is 2.72. The van der Waals surface area contributed by atoms with Crippen molar-refractivity contribution >= 4 is 35.0 Å². The number of amides is 1. The molecule has 2 rings (SSSR count). The number of rotatable bonds is 10. The van der Waals surface area contributed by atoms with Crippen LogP contribution in [0, 0.1) is 3.57 Å². The van der Waals surface area contributed by atoms with E-state index in [1.54, 1.807) is 7.05 Å². The van der Waals surface area contributed by atoms with Crippen LogP contribution in [-0.4, -0.2) is 43.1 Å². The van der Waals surface area contributed by atoms with Crippen LogP contribution in [0.1, 0.15) is 38.3 Å². The number of carbonyl (C=O) groups excluding carboxylic acids is 2. The van der Waals surface area contributed by atoms with Gasteiger partial charge in [-0.05, 0) is 73.0 Å². The van der Waals surface area contributed by atoms with Crippen LogP contribution in [0.2, 0.25) is 0 Å². The summed E-state index contributed by atoms with van der Waals surface area (Å²) in [4.78, 5) is 25.6. The highest BCUT2D eigenvalue weighted by Crippen LogP contribution is 2.27. The SMILES string of the molecule is CN(CC(C)(C)OCCC(C)(C=O)c1cccc(I)c1)C(=O)OCc1ccccc1. The average molecular weight is 523 g/mol. The minimum absolute atomic E-state index is 0.235. The van der Waals surface area contributed by atoms with Gasteiger partial charge in [-0.15, -0.1) is 0 Å². The molecule has 0 aliphatic rings. The molecule has 30 heavy (non-hydrogen) atoms. The highest BCUT2D eigenvalue weighted by molar-refractivity contribution is 14.1. The van der Waals surface area contributed by atoms with E-state index >= 15 is 0 Å². The molecule has 0 aliphatic heterocycles. The lowest BCUT2D eigenvalue weighted by molar-refractivity contribution is -0.113. The molecule has 2 aromatic rings. The van der Waals surface area contributed by atoms with Gasteiger partial charge in [0.1, 0.15) is 12.9 Å². The second kappa shape index (κ2) is 10.9. The Balaban J connectivity index is 1.84. The number of hydrogen-bond acceptors (Lipinski definition) is 4. The van der Waals surface area contributed by atoms with Crippen LogP contribution < -0.4 is 0 Å². The lowest BCUT2D eigenvalue weighted by Gasteiger charge is -2.32. The van der Waals surface area contributed by atoms with Crippen molar-refractivity contribution in [2.24, 2.45) is 0 Å². The van der Waals surface area contributed by atoms with Gasteiger partial charge in [0.25, 0.3) is 0 Å². The van der Waals surface area contributed by atoms with E-state index in [0.717, 1.165) is 21.0 Å². The van der Waals surface area contributed by atoms with Crippen LogP contribution in [0.4, 0.5) is 4.79 Å². The van der Waals surface area contributed by atoms with Crippen LogP contribution in [0.15, 0.2) is 54.6 Å². The molecular weight excluding hydrogens is 493 g/mol. The van der Waals surface area contributed by atoms with Crippen molar-refractivity contribution in [3.05, 3.63) is 69.3 Å². The first-order valence-electron chi connectivity index (χ1n) is 9.93. The number of likely N-dealkylation sites (N-methyl/N-ethyl adjacent to an activating group) is 1. The Hall–Kier alpha value is -1.93. The lowest BCUT2D eigenvalue weighted by Crippen LogP contribution is -2.42. The standard InChI is InChI=1S/C24H30INO4/c1-23(2,17-26(4)22(28)29-16-19-9-6-5-7-10-19)30-14-13-24(3,18-27)20-11-8-12-21(25)15-20/h5-12,15,18H,13-14,16-17H2,1-4H3. The molecule has 0 bridgehead atoms. The van der Waals surface area contributed by atoms with Crippen LogP contribution in [-0.2, 0) is 26.3 Å². The smallest absolute Gasteiger partial charge is 0.409 e. The highest BCUT2D eigenvalue weighted by atomic mass is 127. The largest absolute Gasteiger partial charge is 0.445 e. The summed E-state index contributed by atoms with van der Waals surface area (Å²) < 4.78 is 12.5. The van der Waals surface area contributed by atoms with Gasteiger partial charge in [0, 0.05) is 17.2 Å². The summed E-state index contributed by atoms with van der Waals surface area (Å²) in [6, 6.07) is 17.5. The molecule has 5 nitrogen and oxygen atoms in total. The number of nitrogens with zero attached hydrogens (tertiary/aromatic N) is 1. The Bertz CT molecular complexity index is 840. The molecule has 6 heteroatoms. The minimum Gasteiger partial charge on any atom is -0.445 e. The van der Waals surface area contributed by atoms with Gasteiger partial charge in [-0.2, -0.15) is 0 Å². The topological polar surface area (TPSA) is 55.8 Å². The third-order valence-electron chi connectivity index (χ3n) is 4.99. The van der Waals surface area contributed by atoms with E-state index in [4.69, 9.17) is 9.47 Å². The quantitative estimate of drug-likeness (QED) is 0.317. The number of aldehydes is 1. The first kappa shape index (κ1) is 24.3. The van der Waals surface area contributed by atoms with Gasteiger partial charge < -0.3 is 19.2 Å². The first-order chi connectivity index (χ1) is 14.1. The van der Waals surface area contributed by atoms with Crippen molar-refractivity contribution in [1.82, 2.24) is 4.90 Å². The summed E-state index contributed by atoms with van der Waals surface area (Å²) in [5.41, 5.74) is 0.735. The molecule has 162 valence electrons. The third kappa shape index (κ3) is 7.40. The molecule has 0 aliphatic carbocycles. The highest BCUT2D eigenvalue weighted by Gasteiger charge is 2.29. The Labute approximate surface area is 192 Å². The molecule has 0 N–H and O–H groups in total. The fraction of sp³-hybridized carbons (Fsp3) is 0.417. The van der Waals surface area contributed by atoms with Crippen molar-refractivity contribution in [1.29, 1.82) is 0 Å². The maximum Gasteiger partial charge on any atom is 0.409 e. The molecule has 0 spiro atoms. The molecule has 1 unspecified atom stereocenters. The maximum atomic E-state index is 12.3. The summed E-state index contributed by atoms with van der Waals surface area (Å²) in [5.74, 6) is 0. The van der Waals surface area contributed by atoms with Crippen LogP contribution >= 0.6 is 22.6 Å². The van der Waals surface area contributed by atoms with Gasteiger partial charge in [0.05, 0.1) is 17.6 Å². The summed E-state index contributed by atoms with van der Waals surface area (Å²) in [6.45, 7) is 6.80. The molecule has 0 radical (unpaired) electrons. The Morgan fingerprint density at radius 3 is 2.43 bits per heavy atom. The van der Waals surface area contributed by atoms with Gasteiger partial charge in [-0.3, -0.25) is 0 Å². The van der Waals surface area contributed by atoms with Crippen LogP contribution in [0.25, 0.3) is 0 Å². The fourth-order valence-corrected chi connectivity index (χ4v) is 3.71. The molecule has 0 aromatic heterocycles. The van der Waals surface area contributed by atoms with E-state index in [1.807, 2.05) is 75.4 Å². The van der Waals surface area contributed by atoms with E-state index in [2.05, 4.69) is 22.6 Å². The van der Waals surface area contributed by atoms with Gasteiger partial charge in [0.2, 0.25) is 0 Å². The third-order valence-corrected chi connectivity index (χ3v) is 5.66. The zero-order chi connectivity index (χ0) is 22.2. The predicted molar refractivity (Wildman–Crippen MR) is 126 cm³/mol. The molecular formula is C24H30INO4. The van der Waals surface area contributed by atoms with Gasteiger partial charge in [-0.1, -0.05) is 42.5 Å². The molecule has 0 heterocycles. The second-order valence-corrected chi connectivity index (χ2v) is 9.55. The zero-order valence-electron chi connectivity index (χ0n) is 18.1. The lowest BCUT2D eigenvalue weighted by atomic mass is 9.81. The number of ether oxygens (including phenoxy) is 2. The molecule has 2 aromatic carbocycles. The fourth-order valence-electron chi connectivity index (χ4n) is 3.17. The second-order valence-electron chi connectivity index (χ2n) is 8.30. The normalized spacial score (nSPS) is 13.4. The number of carbonyl (C=O) groups is 2. The molecule has 1 amide bonds. The minimum atomic E-state index is -0.613.